The summed E-state index contributed by atoms with van der Waals surface area (Å²) in [4.78, 5) is 12.1. The summed E-state index contributed by atoms with van der Waals surface area (Å²) in [5, 5.41) is 14.2. The Morgan fingerprint density at radius 1 is 1.26 bits per heavy atom. The number of methoxy groups -OCH3 is 1. The van der Waals surface area contributed by atoms with Crippen molar-refractivity contribution in [3.63, 3.8) is 0 Å². The van der Waals surface area contributed by atoms with E-state index in [2.05, 4.69) is 34.7 Å². The van der Waals surface area contributed by atoms with Crippen molar-refractivity contribution in [3.8, 4) is 5.75 Å². The van der Waals surface area contributed by atoms with Gasteiger partial charge in [-0.15, -0.1) is 10.2 Å². The first kappa shape index (κ1) is 17.0. The molecule has 0 saturated heterocycles. The van der Waals surface area contributed by atoms with Gasteiger partial charge < -0.3 is 15.4 Å². The van der Waals surface area contributed by atoms with Gasteiger partial charge in [0.25, 0.3) is 5.91 Å². The van der Waals surface area contributed by atoms with Gasteiger partial charge >= 0.3 is 0 Å². The van der Waals surface area contributed by atoms with Crippen molar-refractivity contribution in [1.29, 1.82) is 0 Å². The maximum atomic E-state index is 12.1. The molecule has 0 aliphatic carbocycles. The number of nitrogens with zero attached hydrogens (tertiary/aromatic N) is 2. The van der Waals surface area contributed by atoms with Gasteiger partial charge in [0.15, 0.2) is 5.69 Å². The van der Waals surface area contributed by atoms with Crippen LogP contribution in [0.5, 0.6) is 5.75 Å². The standard InChI is InChI=1S/C16H19ClN4O2/c1-10(2)9-18-15-7-5-13(20-21-15)16(22)19-11-4-6-14(23-3)12(17)8-11/h4-8,10H,9H2,1-3H3,(H,18,21)(H,19,22). The molecule has 0 fully saturated rings. The quantitative estimate of drug-likeness (QED) is 0.846. The largest absolute Gasteiger partial charge is 0.495 e. The fourth-order valence-corrected chi connectivity index (χ4v) is 2.05. The molecule has 1 aromatic carbocycles. The minimum Gasteiger partial charge on any atom is -0.495 e. The minimum atomic E-state index is -0.353. The summed E-state index contributed by atoms with van der Waals surface area (Å²) in [6.07, 6.45) is 0. The first-order valence-corrected chi connectivity index (χ1v) is 7.60. The average molecular weight is 335 g/mol. The van der Waals surface area contributed by atoms with E-state index in [1.54, 1.807) is 30.3 Å². The molecule has 1 amide bonds. The molecule has 0 aliphatic rings. The van der Waals surface area contributed by atoms with Gasteiger partial charge in [0.2, 0.25) is 0 Å². The Bertz CT molecular complexity index is 674. The molecule has 0 atom stereocenters. The molecular weight excluding hydrogens is 316 g/mol. The van der Waals surface area contributed by atoms with Gasteiger partial charge in [-0.2, -0.15) is 0 Å². The van der Waals surface area contributed by atoms with E-state index in [0.717, 1.165) is 6.54 Å². The van der Waals surface area contributed by atoms with E-state index in [4.69, 9.17) is 16.3 Å². The van der Waals surface area contributed by atoms with Crippen LogP contribution in [0.25, 0.3) is 0 Å². The molecule has 2 rings (SSSR count). The zero-order valence-corrected chi connectivity index (χ0v) is 14.0. The number of hydrogen-bond donors (Lipinski definition) is 2. The Morgan fingerprint density at radius 2 is 2.04 bits per heavy atom. The molecule has 0 radical (unpaired) electrons. The van der Waals surface area contributed by atoms with Crippen LogP contribution in [0.1, 0.15) is 24.3 Å². The minimum absolute atomic E-state index is 0.229. The number of rotatable bonds is 6. The molecule has 0 saturated carbocycles. The fraction of sp³-hybridized carbons (Fsp3) is 0.312. The highest BCUT2D eigenvalue weighted by atomic mass is 35.5. The number of anilines is 2. The Balaban J connectivity index is 2.01. The Morgan fingerprint density at radius 3 is 2.61 bits per heavy atom. The number of benzene rings is 1. The highest BCUT2D eigenvalue weighted by Gasteiger charge is 2.10. The molecule has 7 heteroatoms. The van der Waals surface area contributed by atoms with Crippen LogP contribution in [-0.2, 0) is 0 Å². The molecule has 6 nitrogen and oxygen atoms in total. The average Bonchev–Trinajstić information content (AvgIpc) is 2.53. The highest BCUT2D eigenvalue weighted by molar-refractivity contribution is 6.32. The van der Waals surface area contributed by atoms with Crippen molar-refractivity contribution >= 4 is 29.0 Å². The summed E-state index contributed by atoms with van der Waals surface area (Å²) >= 11 is 6.03. The third kappa shape index (κ3) is 4.82. The molecular formula is C16H19ClN4O2. The number of aromatic nitrogens is 2. The number of halogens is 1. The Hall–Kier alpha value is -2.34. The third-order valence-electron chi connectivity index (χ3n) is 3.00. The molecule has 0 unspecified atom stereocenters. The second-order valence-corrected chi connectivity index (χ2v) is 5.79. The Labute approximate surface area is 140 Å². The van der Waals surface area contributed by atoms with Gasteiger partial charge in [-0.25, -0.2) is 0 Å². The molecule has 2 aromatic rings. The lowest BCUT2D eigenvalue weighted by molar-refractivity contribution is 0.102. The molecule has 0 aliphatic heterocycles. The summed E-state index contributed by atoms with van der Waals surface area (Å²) in [5.41, 5.74) is 0.789. The van der Waals surface area contributed by atoms with Gasteiger partial charge in [-0.05, 0) is 36.2 Å². The van der Waals surface area contributed by atoms with Crippen LogP contribution in [0.15, 0.2) is 30.3 Å². The van der Waals surface area contributed by atoms with E-state index in [-0.39, 0.29) is 11.6 Å². The number of hydrogen-bond acceptors (Lipinski definition) is 5. The molecule has 23 heavy (non-hydrogen) atoms. The number of carbonyl (C=O) groups excluding carboxylic acids is 1. The lowest BCUT2D eigenvalue weighted by atomic mass is 10.2. The molecule has 122 valence electrons. The summed E-state index contributed by atoms with van der Waals surface area (Å²) in [6, 6.07) is 8.35. The lowest BCUT2D eigenvalue weighted by Crippen LogP contribution is -2.15. The summed E-state index contributed by atoms with van der Waals surface area (Å²) < 4.78 is 5.07. The zero-order chi connectivity index (χ0) is 16.8. The van der Waals surface area contributed by atoms with Gasteiger partial charge in [0.1, 0.15) is 11.6 Å². The van der Waals surface area contributed by atoms with Crippen LogP contribution in [0.4, 0.5) is 11.5 Å². The third-order valence-corrected chi connectivity index (χ3v) is 3.29. The van der Waals surface area contributed by atoms with Gasteiger partial charge in [0.05, 0.1) is 12.1 Å². The number of carbonyl (C=O) groups is 1. The molecule has 1 heterocycles. The van der Waals surface area contributed by atoms with E-state index >= 15 is 0 Å². The normalized spacial score (nSPS) is 10.5. The number of amides is 1. The van der Waals surface area contributed by atoms with E-state index in [1.807, 2.05) is 0 Å². The molecule has 2 N–H and O–H groups in total. The summed E-state index contributed by atoms with van der Waals surface area (Å²) in [7, 11) is 1.53. The van der Waals surface area contributed by atoms with Crippen molar-refractivity contribution in [2.45, 2.75) is 13.8 Å². The molecule has 0 spiro atoms. The van der Waals surface area contributed by atoms with Crippen molar-refractivity contribution in [1.82, 2.24) is 10.2 Å². The fourth-order valence-electron chi connectivity index (χ4n) is 1.80. The van der Waals surface area contributed by atoms with E-state index in [9.17, 15) is 4.79 Å². The van der Waals surface area contributed by atoms with E-state index in [1.165, 1.54) is 7.11 Å². The van der Waals surface area contributed by atoms with Crippen LogP contribution in [-0.4, -0.2) is 29.8 Å². The topological polar surface area (TPSA) is 76.1 Å². The van der Waals surface area contributed by atoms with Crippen molar-refractivity contribution in [2.24, 2.45) is 5.92 Å². The van der Waals surface area contributed by atoms with Crippen molar-refractivity contribution in [3.05, 3.63) is 41.0 Å². The summed E-state index contributed by atoms with van der Waals surface area (Å²) in [6.45, 7) is 5.00. The van der Waals surface area contributed by atoms with Crippen molar-refractivity contribution < 1.29 is 9.53 Å². The second kappa shape index (κ2) is 7.78. The highest BCUT2D eigenvalue weighted by Crippen LogP contribution is 2.27. The second-order valence-electron chi connectivity index (χ2n) is 5.38. The first-order chi connectivity index (χ1) is 11.0. The number of nitrogens with one attached hydrogen (secondary N) is 2. The van der Waals surface area contributed by atoms with Gasteiger partial charge in [-0.1, -0.05) is 25.4 Å². The predicted octanol–water partition coefficient (Wildman–Crippen LogP) is 3.46. The lowest BCUT2D eigenvalue weighted by Gasteiger charge is -2.09. The van der Waals surface area contributed by atoms with E-state index in [0.29, 0.717) is 28.2 Å². The van der Waals surface area contributed by atoms with Gasteiger partial charge in [0, 0.05) is 12.2 Å². The molecule has 0 bridgehead atoms. The van der Waals surface area contributed by atoms with Crippen LogP contribution in [0.3, 0.4) is 0 Å². The monoisotopic (exact) mass is 334 g/mol. The van der Waals surface area contributed by atoms with Crippen LogP contribution in [0, 0.1) is 5.92 Å². The molecule has 1 aromatic heterocycles. The smallest absolute Gasteiger partial charge is 0.276 e. The SMILES string of the molecule is COc1ccc(NC(=O)c2ccc(NCC(C)C)nn2)cc1Cl. The maximum Gasteiger partial charge on any atom is 0.276 e. The maximum absolute atomic E-state index is 12.1. The summed E-state index contributed by atoms with van der Waals surface area (Å²) in [5.74, 6) is 1.33. The number of ether oxygens (including phenoxy) is 1. The Kier molecular flexibility index (Phi) is 5.76. The van der Waals surface area contributed by atoms with Crippen molar-refractivity contribution in [2.75, 3.05) is 24.3 Å². The zero-order valence-electron chi connectivity index (χ0n) is 13.3. The van der Waals surface area contributed by atoms with Crippen LogP contribution >= 0.6 is 11.6 Å². The van der Waals surface area contributed by atoms with Crippen LogP contribution in [0.2, 0.25) is 5.02 Å². The van der Waals surface area contributed by atoms with Gasteiger partial charge in [-0.3, -0.25) is 4.79 Å². The predicted molar refractivity (Wildman–Crippen MR) is 91.3 cm³/mol. The van der Waals surface area contributed by atoms with E-state index < -0.39 is 0 Å². The van der Waals surface area contributed by atoms with Crippen LogP contribution < -0.4 is 15.4 Å². The first-order valence-electron chi connectivity index (χ1n) is 7.22.